The van der Waals surface area contributed by atoms with Crippen LogP contribution in [0.2, 0.25) is 0 Å². The normalized spacial score (nSPS) is 19.5. The maximum Gasteiger partial charge on any atom is 0.129 e. The Bertz CT molecular complexity index is 595. The summed E-state index contributed by atoms with van der Waals surface area (Å²) in [5, 5.41) is 0. The van der Waals surface area contributed by atoms with Crippen molar-refractivity contribution in [1.82, 2.24) is 9.55 Å². The van der Waals surface area contributed by atoms with Gasteiger partial charge in [0.15, 0.2) is 0 Å². The van der Waals surface area contributed by atoms with E-state index in [9.17, 15) is 0 Å². The molecule has 0 amide bonds. The Labute approximate surface area is 122 Å². The first-order chi connectivity index (χ1) is 9.10. The number of aromatic nitrogens is 2. The quantitative estimate of drug-likeness (QED) is 0.811. The molecule has 1 heterocycles. The van der Waals surface area contributed by atoms with Crippen LogP contribution in [-0.2, 0) is 12.6 Å². The molecule has 0 radical (unpaired) electrons. The molecule has 1 aliphatic carbocycles. The zero-order valence-corrected chi connectivity index (χ0v) is 12.9. The summed E-state index contributed by atoms with van der Waals surface area (Å²) in [4.78, 5) is 4.82. The molecule has 1 aromatic heterocycles. The Morgan fingerprint density at radius 3 is 2.58 bits per heavy atom. The molecule has 3 rings (SSSR count). The van der Waals surface area contributed by atoms with Gasteiger partial charge in [0.05, 0.1) is 16.6 Å². The second-order valence-electron chi connectivity index (χ2n) is 5.70. The summed E-state index contributed by atoms with van der Waals surface area (Å²) in [5.41, 5.74) is 8.62. The molecule has 3 nitrogen and oxygen atoms in total. The van der Waals surface area contributed by atoms with E-state index < -0.39 is 0 Å². The summed E-state index contributed by atoms with van der Waals surface area (Å²) in [6.07, 6.45) is 7.12. The molecule has 0 atom stereocenters. The molecule has 2 N–H and O–H groups in total. The van der Waals surface area contributed by atoms with E-state index in [0.29, 0.717) is 0 Å². The van der Waals surface area contributed by atoms with Gasteiger partial charge in [0.25, 0.3) is 0 Å². The Morgan fingerprint density at radius 2 is 1.89 bits per heavy atom. The molecule has 4 heteroatoms. The van der Waals surface area contributed by atoms with Gasteiger partial charge in [-0.15, -0.1) is 0 Å². The van der Waals surface area contributed by atoms with Crippen LogP contribution in [0, 0.1) is 0 Å². The number of imidazole rings is 1. The van der Waals surface area contributed by atoms with E-state index in [1.807, 2.05) is 0 Å². The third-order valence-corrected chi connectivity index (χ3v) is 4.78. The molecule has 0 bridgehead atoms. The van der Waals surface area contributed by atoms with Crippen LogP contribution >= 0.6 is 15.9 Å². The molecule has 2 aromatic rings. The zero-order valence-electron chi connectivity index (χ0n) is 11.3. The maximum absolute atomic E-state index is 6.69. The van der Waals surface area contributed by atoms with Crippen molar-refractivity contribution < 1.29 is 0 Å². The van der Waals surface area contributed by atoms with Crippen molar-refractivity contribution in [2.75, 3.05) is 0 Å². The van der Waals surface area contributed by atoms with Crippen LogP contribution in [0.4, 0.5) is 0 Å². The number of benzene rings is 1. The first-order valence-electron chi connectivity index (χ1n) is 7.01. The molecule has 1 fully saturated rings. The number of hydrogen-bond donors (Lipinski definition) is 1. The first kappa shape index (κ1) is 13.1. The molecule has 0 saturated heterocycles. The highest BCUT2D eigenvalue weighted by Gasteiger charge is 2.32. The van der Waals surface area contributed by atoms with Gasteiger partial charge in [0.1, 0.15) is 5.82 Å². The number of nitrogens with zero attached hydrogens (tertiary/aromatic N) is 2. The van der Waals surface area contributed by atoms with Gasteiger partial charge in [-0.3, -0.25) is 0 Å². The number of hydrogen-bond acceptors (Lipinski definition) is 2. The lowest BCUT2D eigenvalue weighted by molar-refractivity contribution is 0.355. The van der Waals surface area contributed by atoms with Crippen molar-refractivity contribution >= 4 is 27.0 Å². The van der Waals surface area contributed by atoms with Gasteiger partial charge in [-0.25, -0.2) is 4.98 Å². The summed E-state index contributed by atoms with van der Waals surface area (Å²) in [6.45, 7) is 0. The number of aryl methyl sites for hydroxylation is 1. The molecule has 19 heavy (non-hydrogen) atoms. The highest BCUT2D eigenvalue weighted by atomic mass is 79.9. The molecular weight excluding hydrogens is 302 g/mol. The Morgan fingerprint density at radius 1 is 1.21 bits per heavy atom. The average molecular weight is 322 g/mol. The minimum atomic E-state index is -0.253. The molecule has 0 spiro atoms. The van der Waals surface area contributed by atoms with Crippen molar-refractivity contribution in [2.24, 2.45) is 12.8 Å². The molecule has 1 aliphatic rings. The van der Waals surface area contributed by atoms with Crippen molar-refractivity contribution in [2.45, 2.75) is 44.1 Å². The predicted octanol–water partition coefficient (Wildman–Crippen LogP) is 3.84. The number of halogens is 1. The molecular formula is C15H20BrN3. The van der Waals surface area contributed by atoms with Gasteiger partial charge >= 0.3 is 0 Å². The third-order valence-electron chi connectivity index (χ3n) is 4.28. The lowest BCUT2D eigenvalue weighted by atomic mass is 9.90. The van der Waals surface area contributed by atoms with E-state index in [1.165, 1.54) is 25.7 Å². The van der Waals surface area contributed by atoms with Gasteiger partial charge in [-0.05, 0) is 31.0 Å². The molecule has 1 saturated carbocycles. The van der Waals surface area contributed by atoms with Crippen LogP contribution < -0.4 is 5.73 Å². The van der Waals surface area contributed by atoms with Crippen molar-refractivity contribution in [3.05, 3.63) is 28.5 Å². The average Bonchev–Trinajstić information content (AvgIpc) is 2.57. The SMILES string of the molecule is Cn1c(C2(N)CCCCCC2)nc2cc(Br)ccc21. The largest absolute Gasteiger partial charge is 0.330 e. The van der Waals surface area contributed by atoms with Crippen LogP contribution in [0.1, 0.15) is 44.3 Å². The molecule has 1 aromatic carbocycles. The monoisotopic (exact) mass is 321 g/mol. The van der Waals surface area contributed by atoms with Gasteiger partial charge in [0, 0.05) is 11.5 Å². The standard InChI is InChI=1S/C15H20BrN3/c1-19-13-7-6-11(16)10-12(13)18-14(19)15(17)8-4-2-3-5-9-15/h6-7,10H,2-5,8-9,17H2,1H3. The predicted molar refractivity (Wildman–Crippen MR) is 82.0 cm³/mol. The summed E-state index contributed by atoms with van der Waals surface area (Å²) in [6, 6.07) is 6.24. The minimum absolute atomic E-state index is 0.253. The summed E-state index contributed by atoms with van der Waals surface area (Å²) < 4.78 is 3.24. The molecule has 0 unspecified atom stereocenters. The Balaban J connectivity index is 2.11. The highest BCUT2D eigenvalue weighted by Crippen LogP contribution is 2.34. The fourth-order valence-corrected chi connectivity index (χ4v) is 3.55. The summed E-state index contributed by atoms with van der Waals surface area (Å²) in [5.74, 6) is 1.04. The van der Waals surface area contributed by atoms with Crippen LogP contribution in [0.3, 0.4) is 0 Å². The summed E-state index contributed by atoms with van der Waals surface area (Å²) >= 11 is 3.51. The van der Waals surface area contributed by atoms with E-state index in [0.717, 1.165) is 34.2 Å². The first-order valence-corrected chi connectivity index (χ1v) is 7.81. The van der Waals surface area contributed by atoms with E-state index in [-0.39, 0.29) is 5.54 Å². The lowest BCUT2D eigenvalue weighted by Crippen LogP contribution is -2.38. The van der Waals surface area contributed by atoms with Crippen LogP contribution in [0.5, 0.6) is 0 Å². The number of fused-ring (bicyclic) bond motifs is 1. The van der Waals surface area contributed by atoms with Crippen molar-refractivity contribution in [3.8, 4) is 0 Å². The third kappa shape index (κ3) is 2.32. The summed E-state index contributed by atoms with van der Waals surface area (Å²) in [7, 11) is 2.08. The van der Waals surface area contributed by atoms with Crippen LogP contribution in [-0.4, -0.2) is 9.55 Å². The van der Waals surface area contributed by atoms with E-state index in [4.69, 9.17) is 10.7 Å². The Kier molecular flexibility index (Phi) is 3.39. The van der Waals surface area contributed by atoms with E-state index >= 15 is 0 Å². The van der Waals surface area contributed by atoms with E-state index in [2.05, 4.69) is 45.7 Å². The smallest absolute Gasteiger partial charge is 0.129 e. The Hall–Kier alpha value is -0.870. The van der Waals surface area contributed by atoms with Gasteiger partial charge in [0.2, 0.25) is 0 Å². The fraction of sp³-hybridized carbons (Fsp3) is 0.533. The van der Waals surface area contributed by atoms with E-state index in [1.54, 1.807) is 0 Å². The second-order valence-corrected chi connectivity index (χ2v) is 6.61. The minimum Gasteiger partial charge on any atom is -0.330 e. The fourth-order valence-electron chi connectivity index (χ4n) is 3.20. The lowest BCUT2D eigenvalue weighted by Gasteiger charge is -2.27. The van der Waals surface area contributed by atoms with Gasteiger partial charge in [-0.2, -0.15) is 0 Å². The van der Waals surface area contributed by atoms with Crippen molar-refractivity contribution in [3.63, 3.8) is 0 Å². The van der Waals surface area contributed by atoms with Crippen LogP contribution in [0.15, 0.2) is 22.7 Å². The topological polar surface area (TPSA) is 43.8 Å². The number of rotatable bonds is 1. The second kappa shape index (κ2) is 4.91. The van der Waals surface area contributed by atoms with Crippen LogP contribution in [0.25, 0.3) is 11.0 Å². The zero-order chi connectivity index (χ0) is 13.5. The van der Waals surface area contributed by atoms with Gasteiger partial charge < -0.3 is 10.3 Å². The molecule has 102 valence electrons. The van der Waals surface area contributed by atoms with Crippen molar-refractivity contribution in [1.29, 1.82) is 0 Å². The maximum atomic E-state index is 6.69. The highest BCUT2D eigenvalue weighted by molar-refractivity contribution is 9.10. The number of nitrogens with two attached hydrogens (primary N) is 1. The van der Waals surface area contributed by atoms with Gasteiger partial charge in [-0.1, -0.05) is 41.6 Å². The molecule has 0 aliphatic heterocycles.